The van der Waals surface area contributed by atoms with Crippen LogP contribution in [-0.4, -0.2) is 37.1 Å². The standard InChI is InChI=1S/C22H32N2O2/c1-4-16-14-19-15-18(10-11-20(19)23-22(16)25)21(26-13-12-24(2)3)17-8-6-5-7-9-17/h10-11,14-15,17,21H,4-9,12-13H2,1-3H3,(H,23,25). The van der Waals surface area contributed by atoms with Crippen LogP contribution in [0.5, 0.6) is 0 Å². The summed E-state index contributed by atoms with van der Waals surface area (Å²) in [5.41, 5.74) is 3.03. The number of pyridine rings is 1. The molecule has 0 bridgehead atoms. The smallest absolute Gasteiger partial charge is 0.251 e. The first kappa shape index (κ1) is 19.1. The molecule has 0 saturated heterocycles. The van der Waals surface area contributed by atoms with E-state index in [1.807, 2.05) is 19.1 Å². The molecule has 2 aromatic rings. The lowest BCUT2D eigenvalue weighted by Crippen LogP contribution is -2.24. The van der Waals surface area contributed by atoms with Gasteiger partial charge in [0.25, 0.3) is 5.56 Å². The number of hydrogen-bond acceptors (Lipinski definition) is 3. The zero-order chi connectivity index (χ0) is 18.5. The molecule has 4 nitrogen and oxygen atoms in total. The SMILES string of the molecule is CCc1cc2cc(C(OCCN(C)C)C3CCCCC3)ccc2[nH]c1=O. The van der Waals surface area contributed by atoms with Crippen LogP contribution in [0, 0.1) is 5.92 Å². The molecule has 1 aliphatic carbocycles. The highest BCUT2D eigenvalue weighted by Gasteiger charge is 2.26. The maximum atomic E-state index is 12.1. The summed E-state index contributed by atoms with van der Waals surface area (Å²) in [4.78, 5) is 17.2. The van der Waals surface area contributed by atoms with E-state index >= 15 is 0 Å². The van der Waals surface area contributed by atoms with E-state index in [-0.39, 0.29) is 11.7 Å². The van der Waals surface area contributed by atoms with Crippen LogP contribution in [0.2, 0.25) is 0 Å². The molecule has 0 aliphatic heterocycles. The number of aromatic nitrogens is 1. The van der Waals surface area contributed by atoms with Crippen molar-refractivity contribution >= 4 is 10.9 Å². The molecular weight excluding hydrogens is 324 g/mol. The predicted molar refractivity (Wildman–Crippen MR) is 108 cm³/mol. The summed E-state index contributed by atoms with van der Waals surface area (Å²) in [5, 5.41) is 1.11. The number of hydrogen-bond donors (Lipinski definition) is 1. The van der Waals surface area contributed by atoms with Crippen molar-refractivity contribution in [2.75, 3.05) is 27.2 Å². The molecule has 1 atom stereocenters. The van der Waals surface area contributed by atoms with Gasteiger partial charge in [-0.05, 0) is 68.4 Å². The van der Waals surface area contributed by atoms with Gasteiger partial charge in [0.2, 0.25) is 0 Å². The van der Waals surface area contributed by atoms with E-state index < -0.39 is 0 Å². The first-order valence-corrected chi connectivity index (χ1v) is 10.0. The number of likely N-dealkylation sites (N-methyl/N-ethyl adjacent to an activating group) is 1. The highest BCUT2D eigenvalue weighted by Crippen LogP contribution is 2.37. The first-order valence-electron chi connectivity index (χ1n) is 10.0. The second-order valence-electron chi connectivity index (χ2n) is 7.82. The van der Waals surface area contributed by atoms with Gasteiger partial charge in [0.05, 0.1) is 12.7 Å². The van der Waals surface area contributed by atoms with Crippen LogP contribution in [0.4, 0.5) is 0 Å². The molecule has 1 aromatic carbocycles. The van der Waals surface area contributed by atoms with E-state index in [2.05, 4.69) is 36.1 Å². The van der Waals surface area contributed by atoms with Gasteiger partial charge in [0.15, 0.2) is 0 Å². The van der Waals surface area contributed by atoms with Crippen molar-refractivity contribution in [3.05, 3.63) is 45.7 Å². The molecular formula is C22H32N2O2. The number of aryl methyl sites for hydroxylation is 1. The van der Waals surface area contributed by atoms with Crippen LogP contribution >= 0.6 is 0 Å². The van der Waals surface area contributed by atoms with Crippen molar-refractivity contribution in [2.45, 2.75) is 51.6 Å². The summed E-state index contributed by atoms with van der Waals surface area (Å²) in [7, 11) is 4.16. The molecule has 0 spiro atoms. The molecule has 0 radical (unpaired) electrons. The number of H-pyrrole nitrogens is 1. The molecule has 142 valence electrons. The Hall–Kier alpha value is -1.65. The van der Waals surface area contributed by atoms with Crippen molar-refractivity contribution < 1.29 is 4.74 Å². The number of nitrogens with zero attached hydrogens (tertiary/aromatic N) is 1. The lowest BCUT2D eigenvalue weighted by molar-refractivity contribution is -0.00681. The first-order chi connectivity index (χ1) is 12.6. The summed E-state index contributed by atoms with van der Waals surface area (Å²) < 4.78 is 6.39. The van der Waals surface area contributed by atoms with Gasteiger partial charge in [-0.25, -0.2) is 0 Å². The number of fused-ring (bicyclic) bond motifs is 1. The van der Waals surface area contributed by atoms with E-state index in [0.29, 0.717) is 5.92 Å². The molecule has 0 amide bonds. The molecule has 3 rings (SSSR count). The maximum absolute atomic E-state index is 12.1. The minimum absolute atomic E-state index is 0.0267. The van der Waals surface area contributed by atoms with Crippen LogP contribution in [0.25, 0.3) is 10.9 Å². The Morgan fingerprint density at radius 3 is 2.65 bits per heavy atom. The predicted octanol–water partition coefficient (Wildman–Crippen LogP) is 4.29. The minimum atomic E-state index is 0.0267. The largest absolute Gasteiger partial charge is 0.372 e. The highest BCUT2D eigenvalue weighted by atomic mass is 16.5. The Morgan fingerprint density at radius 1 is 1.19 bits per heavy atom. The second kappa shape index (κ2) is 8.83. The molecule has 1 aromatic heterocycles. The average Bonchev–Trinajstić information content (AvgIpc) is 2.65. The minimum Gasteiger partial charge on any atom is -0.372 e. The van der Waals surface area contributed by atoms with E-state index in [0.717, 1.165) is 36.0 Å². The van der Waals surface area contributed by atoms with E-state index in [4.69, 9.17) is 4.74 Å². The van der Waals surface area contributed by atoms with Crippen molar-refractivity contribution in [1.29, 1.82) is 0 Å². The van der Waals surface area contributed by atoms with Crippen LogP contribution < -0.4 is 5.56 Å². The Balaban J connectivity index is 1.90. The highest BCUT2D eigenvalue weighted by molar-refractivity contribution is 5.79. The van der Waals surface area contributed by atoms with Crippen molar-refractivity contribution in [1.82, 2.24) is 9.88 Å². The summed E-state index contributed by atoms with van der Waals surface area (Å²) in [6.45, 7) is 3.71. The third kappa shape index (κ3) is 4.54. The Bertz CT molecular complexity index is 775. The fraction of sp³-hybridized carbons (Fsp3) is 0.591. The second-order valence-corrected chi connectivity index (χ2v) is 7.82. The zero-order valence-electron chi connectivity index (χ0n) is 16.4. The number of ether oxygens (including phenoxy) is 1. The van der Waals surface area contributed by atoms with Crippen molar-refractivity contribution in [3.8, 4) is 0 Å². The number of rotatable bonds is 7. The summed E-state index contributed by atoms with van der Waals surface area (Å²) in [6.07, 6.45) is 7.35. The molecule has 1 aliphatic rings. The van der Waals surface area contributed by atoms with Crippen LogP contribution in [-0.2, 0) is 11.2 Å². The quantitative estimate of drug-likeness (QED) is 0.805. The fourth-order valence-electron chi connectivity index (χ4n) is 4.01. The van der Waals surface area contributed by atoms with Gasteiger partial charge >= 0.3 is 0 Å². The van der Waals surface area contributed by atoms with Gasteiger partial charge in [0.1, 0.15) is 0 Å². The van der Waals surface area contributed by atoms with E-state index in [1.54, 1.807) is 0 Å². The summed E-state index contributed by atoms with van der Waals surface area (Å²) in [6, 6.07) is 8.43. The topological polar surface area (TPSA) is 45.3 Å². The van der Waals surface area contributed by atoms with Crippen LogP contribution in [0.3, 0.4) is 0 Å². The summed E-state index contributed by atoms with van der Waals surface area (Å²) in [5.74, 6) is 0.594. The lowest BCUT2D eigenvalue weighted by Gasteiger charge is -2.31. The van der Waals surface area contributed by atoms with Gasteiger partial charge in [-0.2, -0.15) is 0 Å². The van der Waals surface area contributed by atoms with Crippen molar-refractivity contribution in [2.24, 2.45) is 5.92 Å². The van der Waals surface area contributed by atoms with E-state index in [1.165, 1.54) is 37.7 Å². The van der Waals surface area contributed by atoms with Gasteiger partial charge in [-0.3, -0.25) is 4.79 Å². The fourth-order valence-corrected chi connectivity index (χ4v) is 4.01. The molecule has 1 saturated carbocycles. The van der Waals surface area contributed by atoms with Crippen LogP contribution in [0.15, 0.2) is 29.1 Å². The Morgan fingerprint density at radius 2 is 1.96 bits per heavy atom. The van der Waals surface area contributed by atoms with Gasteiger partial charge < -0.3 is 14.6 Å². The lowest BCUT2D eigenvalue weighted by atomic mass is 9.82. The normalized spacial score (nSPS) is 17.1. The Kier molecular flexibility index (Phi) is 6.49. The molecule has 1 unspecified atom stereocenters. The monoisotopic (exact) mass is 356 g/mol. The van der Waals surface area contributed by atoms with Gasteiger partial charge in [0, 0.05) is 17.6 Å². The number of nitrogens with one attached hydrogen (secondary N) is 1. The van der Waals surface area contributed by atoms with Gasteiger partial charge in [-0.15, -0.1) is 0 Å². The summed E-state index contributed by atoms with van der Waals surface area (Å²) >= 11 is 0. The van der Waals surface area contributed by atoms with Crippen molar-refractivity contribution in [3.63, 3.8) is 0 Å². The molecule has 1 N–H and O–H groups in total. The molecule has 1 heterocycles. The number of aromatic amines is 1. The molecule has 26 heavy (non-hydrogen) atoms. The Labute approximate surface area is 156 Å². The maximum Gasteiger partial charge on any atom is 0.251 e. The average molecular weight is 357 g/mol. The van der Waals surface area contributed by atoms with E-state index in [9.17, 15) is 4.79 Å². The molecule has 1 fully saturated rings. The zero-order valence-corrected chi connectivity index (χ0v) is 16.4. The third-order valence-corrected chi connectivity index (χ3v) is 5.57. The number of benzene rings is 1. The van der Waals surface area contributed by atoms with Crippen LogP contribution in [0.1, 0.15) is 56.3 Å². The third-order valence-electron chi connectivity index (χ3n) is 5.57. The van der Waals surface area contributed by atoms with Gasteiger partial charge in [-0.1, -0.05) is 32.3 Å². The molecule has 4 heteroatoms.